The average Bonchev–Trinajstić information content (AvgIpc) is 2.85. The molecule has 0 spiro atoms. The Hall–Kier alpha value is -1.84. The standard InChI is InChI=1S/C12H13F2N3O3S/c1-7-2-9(17-20-7)6-16-21(18,19)11-4-8(5-15)3-10(13)12(11)14/h2-4,16H,5-6,15H2,1H3. The summed E-state index contributed by atoms with van der Waals surface area (Å²) in [7, 11) is -4.24. The van der Waals surface area contributed by atoms with Crippen LogP contribution in [-0.2, 0) is 23.1 Å². The Kier molecular flexibility index (Phi) is 4.35. The zero-order chi connectivity index (χ0) is 15.6. The Morgan fingerprint density at radius 3 is 2.62 bits per heavy atom. The number of sulfonamides is 1. The minimum atomic E-state index is -4.24. The highest BCUT2D eigenvalue weighted by Crippen LogP contribution is 2.20. The highest BCUT2D eigenvalue weighted by molar-refractivity contribution is 7.89. The molecule has 114 valence electrons. The summed E-state index contributed by atoms with van der Waals surface area (Å²) in [5, 5.41) is 3.60. The van der Waals surface area contributed by atoms with E-state index in [1.807, 2.05) is 0 Å². The minimum Gasteiger partial charge on any atom is -0.361 e. The van der Waals surface area contributed by atoms with Crippen LogP contribution in [0.1, 0.15) is 17.0 Å². The zero-order valence-corrected chi connectivity index (χ0v) is 11.9. The van der Waals surface area contributed by atoms with Crippen molar-refractivity contribution in [2.24, 2.45) is 5.73 Å². The maximum atomic E-state index is 13.7. The Labute approximate surface area is 120 Å². The highest BCUT2D eigenvalue weighted by Gasteiger charge is 2.23. The summed E-state index contributed by atoms with van der Waals surface area (Å²) in [6.07, 6.45) is 0. The van der Waals surface area contributed by atoms with Crippen LogP contribution in [-0.4, -0.2) is 13.6 Å². The number of hydrogen-bond donors (Lipinski definition) is 2. The van der Waals surface area contributed by atoms with Crippen LogP contribution in [0.25, 0.3) is 0 Å². The molecule has 1 aromatic carbocycles. The van der Waals surface area contributed by atoms with Crippen molar-refractivity contribution >= 4 is 10.0 Å². The molecule has 0 saturated carbocycles. The molecular weight excluding hydrogens is 304 g/mol. The predicted octanol–water partition coefficient (Wildman–Crippen LogP) is 1.20. The third-order valence-corrected chi connectivity index (χ3v) is 4.10. The molecule has 0 unspecified atom stereocenters. The van der Waals surface area contributed by atoms with E-state index in [0.717, 1.165) is 12.1 Å². The SMILES string of the molecule is Cc1cc(CNS(=O)(=O)c2cc(CN)cc(F)c2F)no1. The van der Waals surface area contributed by atoms with Crippen molar-refractivity contribution in [1.29, 1.82) is 0 Å². The Bertz CT molecular complexity index is 759. The fourth-order valence-electron chi connectivity index (χ4n) is 1.68. The van der Waals surface area contributed by atoms with Crippen molar-refractivity contribution < 1.29 is 21.7 Å². The average molecular weight is 317 g/mol. The molecule has 0 aliphatic heterocycles. The number of halogens is 2. The first kappa shape index (κ1) is 15.5. The molecular formula is C12H13F2N3O3S. The number of nitrogens with one attached hydrogen (secondary N) is 1. The van der Waals surface area contributed by atoms with Crippen molar-refractivity contribution in [2.75, 3.05) is 0 Å². The quantitative estimate of drug-likeness (QED) is 0.863. The Balaban J connectivity index is 2.29. The van der Waals surface area contributed by atoms with Gasteiger partial charge in [-0.1, -0.05) is 5.16 Å². The fourth-order valence-corrected chi connectivity index (χ4v) is 2.81. The zero-order valence-electron chi connectivity index (χ0n) is 11.1. The molecule has 0 atom stereocenters. The maximum absolute atomic E-state index is 13.7. The lowest BCUT2D eigenvalue weighted by molar-refractivity contribution is 0.390. The summed E-state index contributed by atoms with van der Waals surface area (Å²) >= 11 is 0. The van der Waals surface area contributed by atoms with Crippen molar-refractivity contribution in [3.8, 4) is 0 Å². The van der Waals surface area contributed by atoms with Crippen molar-refractivity contribution in [2.45, 2.75) is 24.9 Å². The molecule has 2 aromatic rings. The van der Waals surface area contributed by atoms with Gasteiger partial charge in [-0.2, -0.15) is 0 Å². The topological polar surface area (TPSA) is 98.2 Å². The molecule has 0 amide bonds. The summed E-state index contributed by atoms with van der Waals surface area (Å²) in [6.45, 7) is 1.33. The van der Waals surface area contributed by atoms with Gasteiger partial charge >= 0.3 is 0 Å². The highest BCUT2D eigenvalue weighted by atomic mass is 32.2. The van der Waals surface area contributed by atoms with Gasteiger partial charge in [-0.05, 0) is 24.6 Å². The number of hydrogen-bond acceptors (Lipinski definition) is 5. The maximum Gasteiger partial charge on any atom is 0.243 e. The number of nitrogens with zero attached hydrogens (tertiary/aromatic N) is 1. The lowest BCUT2D eigenvalue weighted by atomic mass is 10.2. The van der Waals surface area contributed by atoms with Gasteiger partial charge in [0.25, 0.3) is 0 Å². The molecule has 6 nitrogen and oxygen atoms in total. The van der Waals surface area contributed by atoms with Gasteiger partial charge in [-0.15, -0.1) is 0 Å². The van der Waals surface area contributed by atoms with Gasteiger partial charge in [0, 0.05) is 12.6 Å². The minimum absolute atomic E-state index is 0.109. The number of nitrogens with two attached hydrogens (primary N) is 1. The number of aromatic nitrogens is 1. The summed E-state index contributed by atoms with van der Waals surface area (Å²) in [5.41, 5.74) is 5.82. The molecule has 1 heterocycles. The van der Waals surface area contributed by atoms with Crippen LogP contribution in [0, 0.1) is 18.6 Å². The van der Waals surface area contributed by atoms with Crippen molar-refractivity contribution in [1.82, 2.24) is 9.88 Å². The second kappa shape index (κ2) is 5.88. The molecule has 1 aromatic heterocycles. The van der Waals surface area contributed by atoms with Gasteiger partial charge in [0.15, 0.2) is 11.6 Å². The van der Waals surface area contributed by atoms with Gasteiger partial charge in [0.1, 0.15) is 10.7 Å². The van der Waals surface area contributed by atoms with Crippen LogP contribution in [0.15, 0.2) is 27.6 Å². The summed E-state index contributed by atoms with van der Waals surface area (Å²) in [6, 6.07) is 3.37. The van der Waals surface area contributed by atoms with Crippen molar-refractivity contribution in [3.05, 3.63) is 46.9 Å². The van der Waals surface area contributed by atoms with E-state index < -0.39 is 26.6 Å². The van der Waals surface area contributed by atoms with Gasteiger partial charge in [0.2, 0.25) is 10.0 Å². The van der Waals surface area contributed by atoms with E-state index in [9.17, 15) is 17.2 Å². The lowest BCUT2D eigenvalue weighted by Crippen LogP contribution is -2.25. The van der Waals surface area contributed by atoms with E-state index >= 15 is 0 Å². The van der Waals surface area contributed by atoms with E-state index in [2.05, 4.69) is 9.88 Å². The number of rotatable bonds is 5. The van der Waals surface area contributed by atoms with E-state index in [-0.39, 0.29) is 18.7 Å². The first-order valence-electron chi connectivity index (χ1n) is 5.93. The molecule has 3 N–H and O–H groups in total. The van der Waals surface area contributed by atoms with Crippen LogP contribution in [0.4, 0.5) is 8.78 Å². The van der Waals surface area contributed by atoms with Crippen molar-refractivity contribution in [3.63, 3.8) is 0 Å². The smallest absolute Gasteiger partial charge is 0.243 e. The lowest BCUT2D eigenvalue weighted by Gasteiger charge is -2.08. The Morgan fingerprint density at radius 1 is 1.33 bits per heavy atom. The largest absolute Gasteiger partial charge is 0.361 e. The third-order valence-electron chi connectivity index (χ3n) is 2.70. The molecule has 0 aliphatic rings. The van der Waals surface area contributed by atoms with Gasteiger partial charge < -0.3 is 10.3 Å². The van der Waals surface area contributed by atoms with Crippen LogP contribution in [0.2, 0.25) is 0 Å². The summed E-state index contributed by atoms with van der Waals surface area (Å²) in [4.78, 5) is -0.789. The summed E-state index contributed by atoms with van der Waals surface area (Å²) < 4.78 is 58.0. The molecule has 0 bridgehead atoms. The van der Waals surface area contributed by atoms with E-state index in [1.165, 1.54) is 6.07 Å². The van der Waals surface area contributed by atoms with Crippen LogP contribution in [0.5, 0.6) is 0 Å². The Morgan fingerprint density at radius 2 is 2.05 bits per heavy atom. The normalized spacial score (nSPS) is 11.8. The molecule has 0 fully saturated rings. The second-order valence-electron chi connectivity index (χ2n) is 4.35. The third kappa shape index (κ3) is 3.43. The first-order valence-corrected chi connectivity index (χ1v) is 7.41. The van der Waals surface area contributed by atoms with Gasteiger partial charge in [-0.3, -0.25) is 0 Å². The first-order chi connectivity index (χ1) is 9.83. The van der Waals surface area contributed by atoms with Crippen LogP contribution in [0.3, 0.4) is 0 Å². The van der Waals surface area contributed by atoms with E-state index in [0.29, 0.717) is 11.5 Å². The molecule has 9 heteroatoms. The molecule has 2 rings (SSSR count). The molecule has 0 saturated heterocycles. The van der Waals surface area contributed by atoms with E-state index in [4.69, 9.17) is 10.3 Å². The predicted molar refractivity (Wildman–Crippen MR) is 69.5 cm³/mol. The monoisotopic (exact) mass is 317 g/mol. The van der Waals surface area contributed by atoms with Crippen LogP contribution >= 0.6 is 0 Å². The van der Waals surface area contributed by atoms with E-state index in [1.54, 1.807) is 6.92 Å². The second-order valence-corrected chi connectivity index (χ2v) is 6.08. The van der Waals surface area contributed by atoms with Gasteiger partial charge in [-0.25, -0.2) is 21.9 Å². The fraction of sp³-hybridized carbons (Fsp3) is 0.250. The van der Waals surface area contributed by atoms with Gasteiger partial charge in [0.05, 0.1) is 12.2 Å². The number of aryl methyl sites for hydroxylation is 1. The number of benzene rings is 1. The molecule has 21 heavy (non-hydrogen) atoms. The summed E-state index contributed by atoms with van der Waals surface area (Å²) in [5.74, 6) is -2.21. The molecule has 0 aliphatic carbocycles. The van der Waals surface area contributed by atoms with Crippen LogP contribution < -0.4 is 10.5 Å². The molecule has 0 radical (unpaired) electrons.